The molecule has 0 N–H and O–H groups in total. The summed E-state index contributed by atoms with van der Waals surface area (Å²) in [6, 6.07) is 0. The summed E-state index contributed by atoms with van der Waals surface area (Å²) in [6.45, 7) is 6.57. The van der Waals surface area contributed by atoms with Crippen molar-refractivity contribution in [1.29, 1.82) is 0 Å². The maximum absolute atomic E-state index is 10.6. The van der Waals surface area contributed by atoms with Gasteiger partial charge in [0.2, 0.25) is 0 Å². The maximum Gasteiger partial charge on any atom is 0.337 e. The topological polar surface area (TPSA) is 26.3 Å². The number of ether oxygens (including phenoxy) is 1. The van der Waals surface area contributed by atoms with Gasteiger partial charge in [0.25, 0.3) is 0 Å². The highest BCUT2D eigenvalue weighted by Gasteiger charge is 1.99. The van der Waals surface area contributed by atoms with Crippen molar-refractivity contribution in [3.63, 3.8) is 0 Å². The second-order valence-electron chi connectivity index (χ2n) is 1.89. The average Bonchev–Trinajstić information content (AvgIpc) is 1.82. The third-order valence-corrected chi connectivity index (χ3v) is 0.766. The van der Waals surface area contributed by atoms with Gasteiger partial charge in [-0.3, -0.25) is 0 Å². The third-order valence-electron chi connectivity index (χ3n) is 0.677. The molecule has 56 valence electrons. The lowest BCUT2D eigenvalue weighted by Gasteiger charge is -1.95. The minimum absolute atomic E-state index is 0.356. The van der Waals surface area contributed by atoms with Crippen molar-refractivity contribution in [2.75, 3.05) is 0 Å². The monoisotopic (exact) mass is 160 g/mol. The summed E-state index contributed by atoms with van der Waals surface area (Å²) in [6.07, 6.45) is 1.18. The zero-order valence-electron chi connectivity index (χ0n) is 5.98. The third kappa shape index (κ3) is 4.15. The molecule has 0 amide bonds. The normalized spacial score (nSPS) is 10.9. The predicted molar refractivity (Wildman–Crippen MR) is 40.5 cm³/mol. The molecule has 3 heteroatoms. The molecule has 0 aromatic rings. The van der Waals surface area contributed by atoms with Crippen molar-refractivity contribution in [1.82, 2.24) is 0 Å². The highest BCUT2D eigenvalue weighted by molar-refractivity contribution is 6.29. The minimum Gasteiger partial charge on any atom is -0.430 e. The molecule has 0 saturated carbocycles. The summed E-state index contributed by atoms with van der Waals surface area (Å²) in [5, 5.41) is 0.426. The van der Waals surface area contributed by atoms with Crippen molar-refractivity contribution in [2.45, 2.75) is 13.8 Å². The highest BCUT2D eigenvalue weighted by Crippen LogP contribution is 2.00. The molecule has 0 aliphatic rings. The van der Waals surface area contributed by atoms with E-state index in [1.165, 1.54) is 6.26 Å². The molecular formula is C7H9ClO2. The molecule has 0 aliphatic heterocycles. The van der Waals surface area contributed by atoms with Crippen LogP contribution in [0.3, 0.4) is 0 Å². The molecule has 0 bridgehead atoms. The van der Waals surface area contributed by atoms with Gasteiger partial charge in [-0.05, 0) is 13.8 Å². The minimum atomic E-state index is -0.458. The average molecular weight is 161 g/mol. The zero-order valence-corrected chi connectivity index (χ0v) is 6.73. The lowest BCUT2D eigenvalue weighted by atomic mass is 10.4. The van der Waals surface area contributed by atoms with E-state index in [1.54, 1.807) is 13.8 Å². The van der Waals surface area contributed by atoms with Crippen molar-refractivity contribution < 1.29 is 9.53 Å². The lowest BCUT2D eigenvalue weighted by Crippen LogP contribution is -1.99. The predicted octanol–water partition coefficient (Wildman–Crippen LogP) is 2.21. The first-order valence-electron chi connectivity index (χ1n) is 2.73. The molecule has 2 nitrogen and oxygen atoms in total. The fourth-order valence-electron chi connectivity index (χ4n) is 0.235. The van der Waals surface area contributed by atoms with E-state index in [-0.39, 0.29) is 0 Å². The van der Waals surface area contributed by atoms with Crippen LogP contribution in [-0.4, -0.2) is 5.97 Å². The van der Waals surface area contributed by atoms with Crippen LogP contribution in [0.2, 0.25) is 0 Å². The summed E-state index contributed by atoms with van der Waals surface area (Å²) in [4.78, 5) is 10.6. The van der Waals surface area contributed by atoms with Gasteiger partial charge in [-0.15, -0.1) is 0 Å². The molecule has 0 saturated heterocycles. The van der Waals surface area contributed by atoms with E-state index in [1.807, 2.05) is 0 Å². The number of carbonyl (C=O) groups is 1. The Bertz CT molecular complexity index is 178. The Hall–Kier alpha value is -0.760. The number of allylic oxidation sites excluding steroid dienone is 1. The van der Waals surface area contributed by atoms with E-state index < -0.39 is 5.97 Å². The van der Waals surface area contributed by atoms with Crippen LogP contribution in [-0.2, 0) is 9.53 Å². The number of halogens is 1. The van der Waals surface area contributed by atoms with Gasteiger partial charge in [-0.25, -0.2) is 4.79 Å². The van der Waals surface area contributed by atoms with E-state index in [0.717, 1.165) is 0 Å². The van der Waals surface area contributed by atoms with E-state index >= 15 is 0 Å². The standard InChI is InChI=1S/C7H9ClO2/c1-5(2)7(9)10-4-6(3)8/h4H,1H2,2-3H3. The Morgan fingerprint density at radius 1 is 1.60 bits per heavy atom. The molecule has 0 unspecified atom stereocenters. The Kier molecular flexibility index (Phi) is 3.81. The summed E-state index contributed by atoms with van der Waals surface area (Å²) in [7, 11) is 0. The van der Waals surface area contributed by atoms with Crippen LogP contribution < -0.4 is 0 Å². The fraction of sp³-hybridized carbons (Fsp3) is 0.286. The molecule has 0 rings (SSSR count). The zero-order chi connectivity index (χ0) is 8.15. The van der Waals surface area contributed by atoms with Crippen LogP contribution in [0.5, 0.6) is 0 Å². The van der Waals surface area contributed by atoms with Gasteiger partial charge in [-0.1, -0.05) is 18.2 Å². The maximum atomic E-state index is 10.6. The van der Waals surface area contributed by atoms with Gasteiger partial charge < -0.3 is 4.74 Å². The summed E-state index contributed by atoms with van der Waals surface area (Å²) >= 11 is 5.38. The summed E-state index contributed by atoms with van der Waals surface area (Å²) in [5.41, 5.74) is 0.356. The molecule has 0 aliphatic carbocycles. The molecule has 0 spiro atoms. The van der Waals surface area contributed by atoms with E-state index in [0.29, 0.717) is 10.6 Å². The number of hydrogen-bond donors (Lipinski definition) is 0. The molecule has 0 atom stereocenters. The molecule has 10 heavy (non-hydrogen) atoms. The molecular weight excluding hydrogens is 152 g/mol. The second kappa shape index (κ2) is 4.12. The first-order chi connectivity index (χ1) is 4.54. The second-order valence-corrected chi connectivity index (χ2v) is 2.49. The van der Waals surface area contributed by atoms with Gasteiger partial charge in [0.05, 0.1) is 5.03 Å². The van der Waals surface area contributed by atoms with Crippen LogP contribution in [0.15, 0.2) is 23.4 Å². The molecule has 0 aromatic heterocycles. The smallest absolute Gasteiger partial charge is 0.337 e. The van der Waals surface area contributed by atoms with Crippen LogP contribution >= 0.6 is 11.6 Å². The number of hydrogen-bond acceptors (Lipinski definition) is 2. The van der Waals surface area contributed by atoms with Gasteiger partial charge in [0.1, 0.15) is 6.26 Å². The SMILES string of the molecule is C=C(C)C(=O)OC=C(C)Cl. The Balaban J connectivity index is 3.83. The largest absolute Gasteiger partial charge is 0.430 e. The van der Waals surface area contributed by atoms with Crippen molar-refractivity contribution in [3.05, 3.63) is 23.4 Å². The van der Waals surface area contributed by atoms with E-state index in [2.05, 4.69) is 11.3 Å². The number of rotatable bonds is 2. The van der Waals surface area contributed by atoms with Crippen LogP contribution in [0.1, 0.15) is 13.8 Å². The van der Waals surface area contributed by atoms with Crippen molar-refractivity contribution in [2.24, 2.45) is 0 Å². The molecule has 0 radical (unpaired) electrons. The van der Waals surface area contributed by atoms with Gasteiger partial charge >= 0.3 is 5.97 Å². The van der Waals surface area contributed by atoms with Crippen molar-refractivity contribution >= 4 is 17.6 Å². The van der Waals surface area contributed by atoms with Crippen molar-refractivity contribution in [3.8, 4) is 0 Å². The Labute approximate surface area is 65.1 Å². The quantitative estimate of drug-likeness (QED) is 0.352. The van der Waals surface area contributed by atoms with Crippen LogP contribution in [0, 0.1) is 0 Å². The number of esters is 1. The fourth-order valence-corrected chi connectivity index (χ4v) is 0.280. The van der Waals surface area contributed by atoms with Gasteiger partial charge in [0, 0.05) is 5.57 Å². The first kappa shape index (κ1) is 9.24. The lowest BCUT2D eigenvalue weighted by molar-refractivity contribution is -0.133. The molecule has 0 fully saturated rings. The molecule has 0 heterocycles. The first-order valence-corrected chi connectivity index (χ1v) is 3.10. The Morgan fingerprint density at radius 2 is 2.10 bits per heavy atom. The Morgan fingerprint density at radius 3 is 2.40 bits per heavy atom. The summed E-state index contributed by atoms with van der Waals surface area (Å²) < 4.78 is 4.53. The summed E-state index contributed by atoms with van der Waals surface area (Å²) in [5.74, 6) is -0.458. The highest BCUT2D eigenvalue weighted by atomic mass is 35.5. The van der Waals surface area contributed by atoms with Crippen LogP contribution in [0.25, 0.3) is 0 Å². The van der Waals surface area contributed by atoms with Crippen LogP contribution in [0.4, 0.5) is 0 Å². The van der Waals surface area contributed by atoms with Gasteiger partial charge in [-0.2, -0.15) is 0 Å². The molecule has 0 aromatic carbocycles. The number of carbonyl (C=O) groups excluding carboxylic acids is 1. The van der Waals surface area contributed by atoms with Gasteiger partial charge in [0.15, 0.2) is 0 Å². The van der Waals surface area contributed by atoms with E-state index in [4.69, 9.17) is 11.6 Å². The van der Waals surface area contributed by atoms with E-state index in [9.17, 15) is 4.79 Å².